The van der Waals surface area contributed by atoms with Crippen molar-refractivity contribution in [2.24, 2.45) is 0 Å². The van der Waals surface area contributed by atoms with Gasteiger partial charge in [-0.1, -0.05) is 11.3 Å². The Bertz CT molecular complexity index is 973. The zero-order valence-electron chi connectivity index (χ0n) is 14.9. The predicted octanol–water partition coefficient (Wildman–Crippen LogP) is 2.33. The van der Waals surface area contributed by atoms with Crippen LogP contribution >= 0.6 is 11.3 Å². The number of fused-ring (bicyclic) bond motifs is 1. The highest BCUT2D eigenvalue weighted by atomic mass is 32.1. The Labute approximate surface area is 159 Å². The van der Waals surface area contributed by atoms with Gasteiger partial charge in [0.05, 0.1) is 11.1 Å². The first-order valence-electron chi connectivity index (χ1n) is 8.62. The Balaban J connectivity index is 1.40. The van der Waals surface area contributed by atoms with E-state index in [1.54, 1.807) is 16.8 Å². The van der Waals surface area contributed by atoms with Crippen LogP contribution in [0.3, 0.4) is 0 Å². The molecule has 1 aliphatic heterocycles. The van der Waals surface area contributed by atoms with Crippen LogP contribution in [0.2, 0.25) is 0 Å². The molecule has 1 fully saturated rings. The summed E-state index contributed by atoms with van der Waals surface area (Å²) in [6.07, 6.45) is 4.29. The topological polar surface area (TPSA) is 84.7 Å². The van der Waals surface area contributed by atoms with Gasteiger partial charge in [0.2, 0.25) is 17.7 Å². The van der Waals surface area contributed by atoms with Gasteiger partial charge in [-0.2, -0.15) is 19.5 Å². The SMILES string of the molecule is CC(=O)Nc1nc(F)c(CN2C[C@H](Oc3ccn4nccc4n3)C[C@@H]2C)s1. The van der Waals surface area contributed by atoms with E-state index in [1.807, 2.05) is 12.3 Å². The molecule has 1 N–H and O–H groups in total. The van der Waals surface area contributed by atoms with Crippen LogP contribution < -0.4 is 10.1 Å². The molecule has 1 aliphatic rings. The number of nitrogens with zero attached hydrogens (tertiary/aromatic N) is 5. The first-order chi connectivity index (χ1) is 13.0. The van der Waals surface area contributed by atoms with E-state index in [0.717, 1.165) is 23.4 Å². The highest BCUT2D eigenvalue weighted by Gasteiger charge is 2.32. The molecule has 10 heteroatoms. The number of aromatic nitrogens is 4. The second-order valence-corrected chi connectivity index (χ2v) is 7.65. The predicted molar refractivity (Wildman–Crippen MR) is 98.3 cm³/mol. The minimum atomic E-state index is -0.534. The van der Waals surface area contributed by atoms with Gasteiger partial charge in [-0.05, 0) is 6.92 Å². The number of amides is 1. The molecule has 1 saturated heterocycles. The third-order valence-electron chi connectivity index (χ3n) is 4.46. The van der Waals surface area contributed by atoms with Crippen LogP contribution in [0.4, 0.5) is 9.52 Å². The zero-order valence-corrected chi connectivity index (χ0v) is 15.7. The molecule has 0 radical (unpaired) electrons. The van der Waals surface area contributed by atoms with Gasteiger partial charge >= 0.3 is 0 Å². The summed E-state index contributed by atoms with van der Waals surface area (Å²) in [6, 6.07) is 3.84. The molecule has 0 bridgehead atoms. The number of carbonyl (C=O) groups is 1. The molecule has 0 aromatic carbocycles. The second kappa shape index (κ2) is 7.20. The molecule has 8 nitrogen and oxygen atoms in total. The maximum atomic E-state index is 14.1. The van der Waals surface area contributed by atoms with Gasteiger partial charge in [-0.15, -0.1) is 0 Å². The largest absolute Gasteiger partial charge is 0.473 e. The lowest BCUT2D eigenvalue weighted by molar-refractivity contribution is -0.114. The molecule has 142 valence electrons. The third-order valence-corrected chi connectivity index (χ3v) is 5.40. The molecule has 0 saturated carbocycles. The summed E-state index contributed by atoms with van der Waals surface area (Å²) < 4.78 is 21.8. The van der Waals surface area contributed by atoms with Crippen molar-refractivity contribution in [1.29, 1.82) is 0 Å². The molecule has 2 atom stereocenters. The summed E-state index contributed by atoms with van der Waals surface area (Å²) in [4.78, 5) is 22.0. The number of ether oxygens (including phenoxy) is 1. The van der Waals surface area contributed by atoms with E-state index in [-0.39, 0.29) is 23.2 Å². The minimum absolute atomic E-state index is 0.0244. The molecular weight excluding hydrogens is 371 g/mol. The number of halogens is 1. The van der Waals surface area contributed by atoms with Crippen LogP contribution in [0.1, 0.15) is 25.1 Å². The van der Waals surface area contributed by atoms with E-state index < -0.39 is 5.95 Å². The molecule has 3 aromatic heterocycles. The van der Waals surface area contributed by atoms with E-state index in [4.69, 9.17) is 4.74 Å². The monoisotopic (exact) mass is 390 g/mol. The van der Waals surface area contributed by atoms with E-state index >= 15 is 0 Å². The van der Waals surface area contributed by atoms with Crippen LogP contribution in [0, 0.1) is 5.95 Å². The van der Waals surface area contributed by atoms with Crippen LogP contribution in [0.15, 0.2) is 24.5 Å². The van der Waals surface area contributed by atoms with Gasteiger partial charge in [0.25, 0.3) is 0 Å². The molecule has 0 spiro atoms. The lowest BCUT2D eigenvalue weighted by Gasteiger charge is -2.19. The van der Waals surface area contributed by atoms with Gasteiger partial charge in [-0.25, -0.2) is 4.52 Å². The van der Waals surface area contributed by atoms with Crippen LogP contribution in [0.5, 0.6) is 5.88 Å². The average Bonchev–Trinajstić information content (AvgIpc) is 3.28. The number of rotatable bonds is 5. The number of carbonyl (C=O) groups excluding carboxylic acids is 1. The summed E-state index contributed by atoms with van der Waals surface area (Å²) in [7, 11) is 0. The molecule has 4 heterocycles. The minimum Gasteiger partial charge on any atom is -0.473 e. The first-order valence-corrected chi connectivity index (χ1v) is 9.43. The molecule has 3 aromatic rings. The molecule has 0 unspecified atom stereocenters. The maximum absolute atomic E-state index is 14.1. The van der Waals surface area contributed by atoms with Crippen molar-refractivity contribution in [2.45, 2.75) is 39.0 Å². The van der Waals surface area contributed by atoms with E-state index in [9.17, 15) is 9.18 Å². The number of anilines is 1. The lowest BCUT2D eigenvalue weighted by atomic mass is 10.2. The number of nitrogens with one attached hydrogen (secondary N) is 1. The van der Waals surface area contributed by atoms with Crippen molar-refractivity contribution < 1.29 is 13.9 Å². The fourth-order valence-corrected chi connectivity index (χ4v) is 4.12. The van der Waals surface area contributed by atoms with Crippen LogP contribution in [-0.4, -0.2) is 49.1 Å². The summed E-state index contributed by atoms with van der Waals surface area (Å²) in [5.41, 5.74) is 0.729. The summed E-state index contributed by atoms with van der Waals surface area (Å²) in [6.45, 7) is 4.56. The van der Waals surface area contributed by atoms with Gasteiger partial charge in [-0.3, -0.25) is 9.69 Å². The molecule has 4 rings (SSSR count). The van der Waals surface area contributed by atoms with Crippen LogP contribution in [-0.2, 0) is 11.3 Å². The van der Waals surface area contributed by atoms with E-state index in [1.165, 1.54) is 6.92 Å². The van der Waals surface area contributed by atoms with Crippen molar-refractivity contribution in [2.75, 3.05) is 11.9 Å². The highest BCUT2D eigenvalue weighted by molar-refractivity contribution is 7.15. The third kappa shape index (κ3) is 3.91. The Kier molecular flexibility index (Phi) is 4.75. The Morgan fingerprint density at radius 1 is 1.44 bits per heavy atom. The van der Waals surface area contributed by atoms with E-state index in [0.29, 0.717) is 23.8 Å². The fourth-order valence-electron chi connectivity index (χ4n) is 3.20. The van der Waals surface area contributed by atoms with Crippen molar-refractivity contribution in [1.82, 2.24) is 24.5 Å². The summed E-state index contributed by atoms with van der Waals surface area (Å²) >= 11 is 1.16. The van der Waals surface area contributed by atoms with Crippen molar-refractivity contribution in [3.63, 3.8) is 0 Å². The summed E-state index contributed by atoms with van der Waals surface area (Å²) in [5, 5.41) is 6.93. The number of hydrogen-bond acceptors (Lipinski definition) is 7. The standard InChI is InChI=1S/C17H19FN6O2S/c1-10-7-12(26-15-4-6-24-14(21-15)3-5-19-24)8-23(10)9-13-16(18)22-17(27-13)20-11(2)25/h3-6,10,12H,7-9H2,1-2H3,(H,20,22,25)/t10-,12+/m0/s1. The highest BCUT2D eigenvalue weighted by Crippen LogP contribution is 2.28. The first kappa shape index (κ1) is 17.8. The Hall–Kier alpha value is -2.59. The van der Waals surface area contributed by atoms with Gasteiger partial charge in [0, 0.05) is 50.8 Å². The van der Waals surface area contributed by atoms with Crippen molar-refractivity contribution in [3.05, 3.63) is 35.4 Å². The number of likely N-dealkylation sites (tertiary alicyclic amines) is 1. The quantitative estimate of drug-likeness (QED) is 0.720. The Morgan fingerprint density at radius 2 is 2.30 bits per heavy atom. The molecule has 0 aliphatic carbocycles. The van der Waals surface area contributed by atoms with Gasteiger partial charge in [0.15, 0.2) is 10.8 Å². The number of hydrogen-bond donors (Lipinski definition) is 1. The molecule has 1 amide bonds. The van der Waals surface area contributed by atoms with Crippen molar-refractivity contribution in [3.8, 4) is 5.88 Å². The van der Waals surface area contributed by atoms with Gasteiger partial charge in [0.1, 0.15) is 6.10 Å². The fraction of sp³-hybridized carbons (Fsp3) is 0.412. The second-order valence-electron chi connectivity index (χ2n) is 6.57. The van der Waals surface area contributed by atoms with E-state index in [2.05, 4.69) is 32.2 Å². The maximum Gasteiger partial charge on any atom is 0.230 e. The Morgan fingerprint density at radius 3 is 3.11 bits per heavy atom. The zero-order chi connectivity index (χ0) is 19.0. The average molecular weight is 390 g/mol. The molecule has 27 heavy (non-hydrogen) atoms. The number of thiazole rings is 1. The smallest absolute Gasteiger partial charge is 0.230 e. The molecular formula is C17H19FN6O2S. The lowest BCUT2D eigenvalue weighted by Crippen LogP contribution is -2.28. The van der Waals surface area contributed by atoms with Crippen molar-refractivity contribution >= 4 is 28.0 Å². The normalized spacial score (nSPS) is 20.3. The summed E-state index contributed by atoms with van der Waals surface area (Å²) in [5.74, 6) is -0.243. The van der Waals surface area contributed by atoms with Crippen LogP contribution in [0.25, 0.3) is 5.65 Å². The van der Waals surface area contributed by atoms with Gasteiger partial charge < -0.3 is 10.1 Å².